The average molecular weight is 278 g/mol. The van der Waals surface area contributed by atoms with Gasteiger partial charge in [-0.1, -0.05) is 6.07 Å². The van der Waals surface area contributed by atoms with Crippen LogP contribution in [0.4, 0.5) is 10.8 Å². The van der Waals surface area contributed by atoms with Crippen LogP contribution in [0.25, 0.3) is 0 Å². The molecule has 0 saturated heterocycles. The predicted molar refractivity (Wildman–Crippen MR) is 70.1 cm³/mol. The highest BCUT2D eigenvalue weighted by Crippen LogP contribution is 2.21. The summed E-state index contributed by atoms with van der Waals surface area (Å²) < 4.78 is 4.62. The molecule has 2 aromatic rings. The lowest BCUT2D eigenvalue weighted by molar-refractivity contribution is 0.0600. The lowest BCUT2D eigenvalue weighted by Gasteiger charge is -2.04. The maximum absolute atomic E-state index is 11.4. The van der Waals surface area contributed by atoms with Crippen LogP contribution in [0.1, 0.15) is 20.8 Å². The molecule has 0 fully saturated rings. The topological polar surface area (TPSA) is 88.5 Å². The number of carbonyl (C=O) groups is 2. The number of esters is 1. The van der Waals surface area contributed by atoms with Gasteiger partial charge in [0.1, 0.15) is 0 Å². The molecule has 7 heteroatoms. The zero-order valence-corrected chi connectivity index (χ0v) is 10.7. The Kier molecular flexibility index (Phi) is 3.76. The van der Waals surface area contributed by atoms with E-state index in [0.717, 1.165) is 0 Å². The first-order valence-corrected chi connectivity index (χ1v) is 6.12. The van der Waals surface area contributed by atoms with Gasteiger partial charge in [-0.2, -0.15) is 0 Å². The Hall–Kier alpha value is -2.41. The van der Waals surface area contributed by atoms with Gasteiger partial charge in [-0.25, -0.2) is 14.6 Å². The zero-order valence-electron chi connectivity index (χ0n) is 9.91. The Labute approximate surface area is 112 Å². The number of ether oxygens (including phenoxy) is 1. The van der Waals surface area contributed by atoms with Gasteiger partial charge < -0.3 is 15.2 Å². The SMILES string of the molecule is COC(=O)c1cccc(Nc2nc(C(=O)O)cs2)c1. The highest BCUT2D eigenvalue weighted by molar-refractivity contribution is 7.14. The van der Waals surface area contributed by atoms with Gasteiger partial charge in [0.05, 0.1) is 12.7 Å². The van der Waals surface area contributed by atoms with Gasteiger partial charge in [0.15, 0.2) is 10.8 Å². The van der Waals surface area contributed by atoms with Crippen molar-refractivity contribution in [2.45, 2.75) is 0 Å². The van der Waals surface area contributed by atoms with E-state index >= 15 is 0 Å². The first-order valence-electron chi connectivity index (χ1n) is 5.24. The van der Waals surface area contributed by atoms with E-state index in [-0.39, 0.29) is 5.69 Å². The number of benzene rings is 1. The number of rotatable bonds is 4. The monoisotopic (exact) mass is 278 g/mol. The number of hydrogen-bond acceptors (Lipinski definition) is 6. The summed E-state index contributed by atoms with van der Waals surface area (Å²) in [4.78, 5) is 26.0. The molecule has 0 unspecified atom stereocenters. The molecular weight excluding hydrogens is 268 g/mol. The van der Waals surface area contributed by atoms with E-state index in [9.17, 15) is 9.59 Å². The lowest BCUT2D eigenvalue weighted by atomic mass is 10.2. The number of anilines is 2. The van der Waals surface area contributed by atoms with Crippen molar-refractivity contribution < 1.29 is 19.4 Å². The second kappa shape index (κ2) is 5.49. The molecule has 0 aliphatic carbocycles. The van der Waals surface area contributed by atoms with Gasteiger partial charge >= 0.3 is 11.9 Å². The summed E-state index contributed by atoms with van der Waals surface area (Å²) in [5, 5.41) is 13.6. The number of methoxy groups -OCH3 is 1. The van der Waals surface area contributed by atoms with E-state index in [0.29, 0.717) is 16.4 Å². The number of thiazole rings is 1. The third-order valence-corrected chi connectivity index (χ3v) is 3.02. The molecule has 2 N–H and O–H groups in total. The van der Waals surface area contributed by atoms with Crippen LogP contribution in [0.2, 0.25) is 0 Å². The summed E-state index contributed by atoms with van der Waals surface area (Å²) in [6.45, 7) is 0. The van der Waals surface area contributed by atoms with Crippen molar-refractivity contribution in [1.82, 2.24) is 4.98 Å². The molecule has 2 rings (SSSR count). The van der Waals surface area contributed by atoms with E-state index in [2.05, 4.69) is 15.0 Å². The molecule has 0 spiro atoms. The number of aromatic carboxylic acids is 1. The van der Waals surface area contributed by atoms with Crippen molar-refractivity contribution in [1.29, 1.82) is 0 Å². The highest BCUT2D eigenvalue weighted by Gasteiger charge is 2.10. The third kappa shape index (κ3) is 3.08. The zero-order chi connectivity index (χ0) is 13.8. The smallest absolute Gasteiger partial charge is 0.355 e. The molecule has 98 valence electrons. The largest absolute Gasteiger partial charge is 0.476 e. The Morgan fingerprint density at radius 2 is 2.21 bits per heavy atom. The van der Waals surface area contributed by atoms with Gasteiger partial charge in [-0.05, 0) is 18.2 Å². The highest BCUT2D eigenvalue weighted by atomic mass is 32.1. The van der Waals surface area contributed by atoms with Gasteiger partial charge in [-0.3, -0.25) is 0 Å². The fourth-order valence-electron chi connectivity index (χ4n) is 1.39. The summed E-state index contributed by atoms with van der Waals surface area (Å²) in [6, 6.07) is 6.67. The van der Waals surface area contributed by atoms with E-state index in [1.807, 2.05) is 0 Å². The second-order valence-electron chi connectivity index (χ2n) is 3.54. The summed E-state index contributed by atoms with van der Waals surface area (Å²) in [5.41, 5.74) is 1.02. The number of nitrogens with zero attached hydrogens (tertiary/aromatic N) is 1. The standard InChI is InChI=1S/C12H10N2O4S/c1-18-11(17)7-3-2-4-8(5-7)13-12-14-9(6-19-12)10(15)16/h2-6H,1H3,(H,13,14)(H,15,16). The van der Waals surface area contributed by atoms with E-state index in [4.69, 9.17) is 5.11 Å². The number of hydrogen-bond donors (Lipinski definition) is 2. The molecule has 19 heavy (non-hydrogen) atoms. The van der Waals surface area contributed by atoms with Crippen molar-refractivity contribution in [3.8, 4) is 0 Å². The molecule has 0 saturated carbocycles. The fraction of sp³-hybridized carbons (Fsp3) is 0.0833. The predicted octanol–water partition coefficient (Wildman–Crippen LogP) is 2.37. The first kappa shape index (κ1) is 13.0. The number of aromatic nitrogens is 1. The van der Waals surface area contributed by atoms with Crippen LogP contribution < -0.4 is 5.32 Å². The maximum atomic E-state index is 11.4. The molecule has 0 bridgehead atoms. The molecule has 0 aliphatic heterocycles. The van der Waals surface area contributed by atoms with Crippen molar-refractivity contribution in [3.05, 3.63) is 40.9 Å². The molecule has 1 aromatic heterocycles. The van der Waals surface area contributed by atoms with E-state index < -0.39 is 11.9 Å². The van der Waals surface area contributed by atoms with Gasteiger partial charge in [-0.15, -0.1) is 11.3 Å². The molecule has 0 atom stereocenters. The molecule has 1 aromatic carbocycles. The van der Waals surface area contributed by atoms with Crippen molar-refractivity contribution in [2.24, 2.45) is 0 Å². The molecule has 0 amide bonds. The van der Waals surface area contributed by atoms with Crippen molar-refractivity contribution >= 4 is 34.1 Å². The summed E-state index contributed by atoms with van der Waals surface area (Å²) >= 11 is 1.17. The quantitative estimate of drug-likeness (QED) is 0.835. The minimum atomic E-state index is -1.08. The van der Waals surface area contributed by atoms with Crippen LogP contribution in [0.15, 0.2) is 29.6 Å². The maximum Gasteiger partial charge on any atom is 0.355 e. The van der Waals surface area contributed by atoms with E-state index in [1.165, 1.54) is 23.8 Å². The Morgan fingerprint density at radius 3 is 2.84 bits per heavy atom. The van der Waals surface area contributed by atoms with Gasteiger partial charge in [0.25, 0.3) is 0 Å². The van der Waals surface area contributed by atoms with Crippen molar-refractivity contribution in [3.63, 3.8) is 0 Å². The summed E-state index contributed by atoms with van der Waals surface area (Å²) in [7, 11) is 1.31. The average Bonchev–Trinajstić information content (AvgIpc) is 2.87. The molecular formula is C12H10N2O4S. The Morgan fingerprint density at radius 1 is 1.42 bits per heavy atom. The molecule has 0 radical (unpaired) electrons. The van der Waals surface area contributed by atoms with Crippen LogP contribution in [0.3, 0.4) is 0 Å². The summed E-state index contributed by atoms with van der Waals surface area (Å²) in [5.74, 6) is -1.51. The Balaban J connectivity index is 2.18. The van der Waals surface area contributed by atoms with E-state index in [1.54, 1.807) is 24.3 Å². The number of carboxylic acid groups (broad SMARTS) is 1. The molecule has 6 nitrogen and oxygen atoms in total. The first-order chi connectivity index (χ1) is 9.10. The minimum absolute atomic E-state index is 0.0170. The third-order valence-electron chi connectivity index (χ3n) is 2.26. The van der Waals surface area contributed by atoms with Crippen molar-refractivity contribution in [2.75, 3.05) is 12.4 Å². The van der Waals surface area contributed by atoms with Crippen LogP contribution in [0.5, 0.6) is 0 Å². The number of nitrogens with one attached hydrogen (secondary N) is 1. The second-order valence-corrected chi connectivity index (χ2v) is 4.40. The molecule has 0 aliphatic rings. The number of carbonyl (C=O) groups excluding carboxylic acids is 1. The number of carboxylic acids is 1. The van der Waals surface area contributed by atoms with Gasteiger partial charge in [0.2, 0.25) is 0 Å². The van der Waals surface area contributed by atoms with Crippen LogP contribution >= 0.6 is 11.3 Å². The Bertz CT molecular complexity index is 624. The normalized spacial score (nSPS) is 9.95. The lowest BCUT2D eigenvalue weighted by Crippen LogP contribution is -2.02. The van der Waals surface area contributed by atoms with Crippen LogP contribution in [0, 0.1) is 0 Å². The minimum Gasteiger partial charge on any atom is -0.476 e. The fourth-order valence-corrected chi connectivity index (χ4v) is 2.10. The molecule has 1 heterocycles. The summed E-state index contributed by atoms with van der Waals surface area (Å²) in [6.07, 6.45) is 0. The van der Waals surface area contributed by atoms with Crippen LogP contribution in [-0.4, -0.2) is 29.1 Å². The van der Waals surface area contributed by atoms with Gasteiger partial charge in [0, 0.05) is 11.1 Å². The van der Waals surface area contributed by atoms with Crippen LogP contribution in [-0.2, 0) is 4.74 Å².